The zero-order chi connectivity index (χ0) is 19.3. The van der Waals surface area contributed by atoms with E-state index >= 15 is 0 Å². The summed E-state index contributed by atoms with van der Waals surface area (Å²) < 4.78 is 31.9. The minimum absolute atomic E-state index is 0.0180. The first-order chi connectivity index (χ1) is 13.0. The van der Waals surface area contributed by atoms with Crippen LogP contribution in [-0.2, 0) is 14.8 Å². The molecule has 0 aliphatic carbocycles. The van der Waals surface area contributed by atoms with Crippen molar-refractivity contribution >= 4 is 16.1 Å². The number of carbonyl (C=O) groups excluding carboxylic acids is 1. The molecule has 2 heterocycles. The minimum atomic E-state index is -3.25. The molecule has 3 rings (SSSR count). The average Bonchev–Trinajstić information content (AvgIpc) is 3.16. The number of nitrogens with zero attached hydrogens (tertiary/aromatic N) is 1. The van der Waals surface area contributed by atoms with Gasteiger partial charge in [0.2, 0.25) is 10.0 Å². The molecule has 0 radical (unpaired) electrons. The highest BCUT2D eigenvalue weighted by Crippen LogP contribution is 2.32. The third-order valence-corrected chi connectivity index (χ3v) is 6.86. The summed E-state index contributed by atoms with van der Waals surface area (Å²) in [4.78, 5) is 14.2. The molecule has 2 amide bonds. The molecule has 3 atom stereocenters. The Balaban J connectivity index is 1.44. The number of sulfonamides is 1. The minimum Gasteiger partial charge on any atom is -0.368 e. The van der Waals surface area contributed by atoms with E-state index in [1.54, 1.807) is 4.90 Å². The van der Waals surface area contributed by atoms with E-state index in [2.05, 4.69) is 22.2 Å². The quantitative estimate of drug-likeness (QED) is 0.770. The van der Waals surface area contributed by atoms with Crippen molar-refractivity contribution in [3.8, 4) is 0 Å². The van der Waals surface area contributed by atoms with E-state index in [9.17, 15) is 13.2 Å². The Morgan fingerprint density at radius 1 is 1.22 bits per heavy atom. The predicted octanol–water partition coefficient (Wildman–Crippen LogP) is 1.88. The lowest BCUT2D eigenvalue weighted by atomic mass is 10.0. The Morgan fingerprint density at radius 2 is 2.00 bits per heavy atom. The van der Waals surface area contributed by atoms with Crippen molar-refractivity contribution in [3.63, 3.8) is 0 Å². The molecule has 8 heteroatoms. The number of hydrogen-bond donors (Lipinski definition) is 2. The lowest BCUT2D eigenvalue weighted by Gasteiger charge is -2.32. The Kier molecular flexibility index (Phi) is 6.73. The van der Waals surface area contributed by atoms with Crippen molar-refractivity contribution in [1.29, 1.82) is 0 Å². The second-order valence-corrected chi connectivity index (χ2v) is 9.33. The molecule has 2 saturated heterocycles. The fraction of sp³-hybridized carbons (Fsp3) is 0.632. The van der Waals surface area contributed by atoms with Gasteiger partial charge in [-0.2, -0.15) is 0 Å². The monoisotopic (exact) mass is 395 g/mol. The van der Waals surface area contributed by atoms with Gasteiger partial charge in [0.05, 0.1) is 18.0 Å². The lowest BCUT2D eigenvalue weighted by molar-refractivity contribution is 0.0450. The van der Waals surface area contributed by atoms with E-state index in [0.29, 0.717) is 19.6 Å². The van der Waals surface area contributed by atoms with E-state index in [-0.39, 0.29) is 29.9 Å². The van der Waals surface area contributed by atoms with Gasteiger partial charge in [0.25, 0.3) is 0 Å². The van der Waals surface area contributed by atoms with Crippen LogP contribution in [0.2, 0.25) is 0 Å². The Hall–Kier alpha value is -1.64. The van der Waals surface area contributed by atoms with Crippen LogP contribution in [0.1, 0.15) is 37.4 Å². The molecule has 0 bridgehead atoms. The zero-order valence-corrected chi connectivity index (χ0v) is 16.6. The van der Waals surface area contributed by atoms with Gasteiger partial charge in [-0.1, -0.05) is 30.3 Å². The number of piperidine rings is 1. The van der Waals surface area contributed by atoms with Crippen molar-refractivity contribution in [3.05, 3.63) is 35.9 Å². The summed E-state index contributed by atoms with van der Waals surface area (Å²) in [6.45, 7) is 1.63. The maximum absolute atomic E-state index is 12.5. The number of rotatable bonds is 6. The Labute approximate surface area is 161 Å². The fourth-order valence-electron chi connectivity index (χ4n) is 3.86. The number of ether oxygens (including phenoxy) is 1. The highest BCUT2D eigenvalue weighted by Gasteiger charge is 2.29. The molecular formula is C19H29N3O4S. The maximum atomic E-state index is 12.5. The molecule has 1 unspecified atom stereocenters. The van der Waals surface area contributed by atoms with Gasteiger partial charge in [0, 0.05) is 19.6 Å². The van der Waals surface area contributed by atoms with Gasteiger partial charge in [-0.15, -0.1) is 0 Å². The SMILES string of the molecule is CNS(=O)(=O)CC1CCCN(C(=O)NC[C@H]2CC[C@@H](c3ccccc3)O2)C1. The van der Waals surface area contributed by atoms with E-state index in [4.69, 9.17) is 4.74 Å². The largest absolute Gasteiger partial charge is 0.368 e. The number of carbonyl (C=O) groups is 1. The fourth-order valence-corrected chi connectivity index (χ4v) is 4.92. The zero-order valence-electron chi connectivity index (χ0n) is 15.8. The van der Waals surface area contributed by atoms with Crippen molar-refractivity contribution in [1.82, 2.24) is 14.9 Å². The summed E-state index contributed by atoms with van der Waals surface area (Å²) in [5, 5.41) is 2.96. The summed E-state index contributed by atoms with van der Waals surface area (Å²) in [5.74, 6) is 0.0461. The lowest BCUT2D eigenvalue weighted by Crippen LogP contribution is -2.48. The van der Waals surface area contributed by atoms with Crippen LogP contribution in [0.15, 0.2) is 30.3 Å². The van der Waals surface area contributed by atoms with Gasteiger partial charge in [0.15, 0.2) is 0 Å². The third-order valence-electron chi connectivity index (χ3n) is 5.33. The summed E-state index contributed by atoms with van der Waals surface area (Å²) in [5.41, 5.74) is 1.18. The van der Waals surface area contributed by atoms with Gasteiger partial charge >= 0.3 is 6.03 Å². The van der Waals surface area contributed by atoms with Gasteiger partial charge in [0.1, 0.15) is 0 Å². The molecule has 1 aromatic rings. The van der Waals surface area contributed by atoms with E-state index < -0.39 is 10.0 Å². The van der Waals surface area contributed by atoms with Gasteiger partial charge < -0.3 is 15.0 Å². The maximum Gasteiger partial charge on any atom is 0.317 e. The number of benzene rings is 1. The van der Waals surface area contributed by atoms with Crippen LogP contribution in [0.25, 0.3) is 0 Å². The first-order valence-electron chi connectivity index (χ1n) is 9.61. The van der Waals surface area contributed by atoms with Crippen LogP contribution in [0, 0.1) is 5.92 Å². The van der Waals surface area contributed by atoms with Crippen molar-refractivity contribution in [2.75, 3.05) is 32.4 Å². The van der Waals surface area contributed by atoms with E-state index in [1.807, 2.05) is 18.2 Å². The number of likely N-dealkylation sites (tertiary alicyclic amines) is 1. The molecule has 27 heavy (non-hydrogen) atoms. The Bertz CT molecular complexity index is 726. The summed E-state index contributed by atoms with van der Waals surface area (Å²) in [6, 6.07) is 10.0. The highest BCUT2D eigenvalue weighted by atomic mass is 32.2. The van der Waals surface area contributed by atoms with Gasteiger partial charge in [-0.25, -0.2) is 17.9 Å². The van der Waals surface area contributed by atoms with Gasteiger partial charge in [-0.3, -0.25) is 0 Å². The summed E-state index contributed by atoms with van der Waals surface area (Å²) in [7, 11) is -1.83. The number of urea groups is 1. The molecule has 7 nitrogen and oxygen atoms in total. The van der Waals surface area contributed by atoms with Crippen LogP contribution < -0.4 is 10.0 Å². The van der Waals surface area contributed by atoms with Crippen LogP contribution >= 0.6 is 0 Å². The first-order valence-corrected chi connectivity index (χ1v) is 11.3. The first kappa shape index (κ1) is 20.1. The molecule has 1 aromatic carbocycles. The molecule has 0 saturated carbocycles. The molecule has 2 fully saturated rings. The van der Waals surface area contributed by atoms with Crippen LogP contribution in [0.4, 0.5) is 4.79 Å². The number of hydrogen-bond acceptors (Lipinski definition) is 4. The van der Waals surface area contributed by atoms with Crippen molar-refractivity contribution < 1.29 is 17.9 Å². The normalized spacial score (nSPS) is 26.1. The second-order valence-electron chi connectivity index (χ2n) is 7.36. The van der Waals surface area contributed by atoms with E-state index in [1.165, 1.54) is 12.6 Å². The number of nitrogens with one attached hydrogen (secondary N) is 2. The standard InChI is InChI=1S/C19H29N3O4S/c1-20-27(24,25)14-15-6-5-11-22(13-15)19(23)21-12-17-9-10-18(26-17)16-7-3-2-4-8-16/h2-4,7-8,15,17-18,20H,5-6,9-14H2,1H3,(H,21,23)/t15?,17-,18+/m1/s1. The highest BCUT2D eigenvalue weighted by molar-refractivity contribution is 7.89. The molecule has 2 aliphatic heterocycles. The van der Waals surface area contributed by atoms with Crippen LogP contribution in [0.3, 0.4) is 0 Å². The van der Waals surface area contributed by atoms with E-state index in [0.717, 1.165) is 25.7 Å². The average molecular weight is 396 g/mol. The molecule has 2 aliphatic rings. The van der Waals surface area contributed by atoms with Gasteiger partial charge in [-0.05, 0) is 44.2 Å². The molecule has 150 valence electrons. The second kappa shape index (κ2) is 9.03. The van der Waals surface area contributed by atoms with Crippen molar-refractivity contribution in [2.24, 2.45) is 5.92 Å². The Morgan fingerprint density at radius 3 is 2.74 bits per heavy atom. The van der Waals surface area contributed by atoms with Crippen LogP contribution in [0.5, 0.6) is 0 Å². The molecule has 0 aromatic heterocycles. The third kappa shape index (κ3) is 5.67. The molecular weight excluding hydrogens is 366 g/mol. The van der Waals surface area contributed by atoms with Crippen molar-refractivity contribution in [2.45, 2.75) is 37.9 Å². The van der Waals surface area contributed by atoms with Crippen LogP contribution in [-0.4, -0.2) is 57.9 Å². The molecule has 2 N–H and O–H groups in total. The topological polar surface area (TPSA) is 87.7 Å². The number of amides is 2. The summed E-state index contributed by atoms with van der Waals surface area (Å²) >= 11 is 0. The predicted molar refractivity (Wildman–Crippen MR) is 104 cm³/mol. The smallest absolute Gasteiger partial charge is 0.317 e. The molecule has 0 spiro atoms. The summed E-state index contributed by atoms with van der Waals surface area (Å²) in [6.07, 6.45) is 3.65.